The number of nitrogens with one attached hydrogen (secondary N) is 1. The van der Waals surface area contributed by atoms with Crippen molar-refractivity contribution in [3.05, 3.63) is 57.1 Å². The summed E-state index contributed by atoms with van der Waals surface area (Å²) in [5.41, 5.74) is 0.130. The molecule has 0 heterocycles. The van der Waals surface area contributed by atoms with Crippen molar-refractivity contribution in [1.82, 2.24) is 0 Å². The molecule has 0 radical (unpaired) electrons. The van der Waals surface area contributed by atoms with Gasteiger partial charge in [0.15, 0.2) is 0 Å². The summed E-state index contributed by atoms with van der Waals surface area (Å²) in [7, 11) is -2.40. The summed E-state index contributed by atoms with van der Waals surface area (Å²) in [6.07, 6.45) is 0.981. The summed E-state index contributed by atoms with van der Waals surface area (Å²) in [6, 6.07) is 10.2. The van der Waals surface area contributed by atoms with E-state index in [1.807, 2.05) is 0 Å². The number of carbonyl (C=O) groups is 1. The van der Waals surface area contributed by atoms with Crippen LogP contribution in [0.3, 0.4) is 0 Å². The third-order valence-corrected chi connectivity index (χ3v) is 5.09. The molecule has 0 aliphatic rings. The second kappa shape index (κ2) is 8.35. The summed E-state index contributed by atoms with van der Waals surface area (Å²) in [4.78, 5) is 22.7. The van der Waals surface area contributed by atoms with Gasteiger partial charge in [0, 0.05) is 16.6 Å². The van der Waals surface area contributed by atoms with Crippen LogP contribution in [0.4, 0.5) is 17.1 Å². The van der Waals surface area contributed by atoms with Crippen LogP contribution in [0.25, 0.3) is 0 Å². The number of rotatable bonds is 7. The van der Waals surface area contributed by atoms with E-state index in [9.17, 15) is 23.3 Å². The van der Waals surface area contributed by atoms with Crippen molar-refractivity contribution in [2.45, 2.75) is 0 Å². The van der Waals surface area contributed by atoms with Gasteiger partial charge in [-0.3, -0.25) is 19.2 Å². The van der Waals surface area contributed by atoms with Crippen molar-refractivity contribution in [3.63, 3.8) is 0 Å². The Morgan fingerprint density at radius 3 is 2.56 bits per heavy atom. The summed E-state index contributed by atoms with van der Waals surface area (Å²) >= 11 is 3.26. The topological polar surface area (TPSA) is 119 Å². The largest absolute Gasteiger partial charge is 0.495 e. The van der Waals surface area contributed by atoms with Crippen LogP contribution >= 0.6 is 15.9 Å². The monoisotopic (exact) mass is 457 g/mol. The standard InChI is InChI=1S/C16H16BrN3O6S/c1-26-15-7-6-13(20(22)23)9-14(15)18-16(21)10-19(27(2,24)25)12-5-3-4-11(17)8-12/h3-9H,10H2,1-2H3,(H,18,21). The van der Waals surface area contributed by atoms with E-state index in [1.54, 1.807) is 24.3 Å². The maximum absolute atomic E-state index is 12.4. The molecule has 0 atom stereocenters. The van der Waals surface area contributed by atoms with E-state index in [4.69, 9.17) is 4.74 Å². The molecule has 2 rings (SSSR count). The fraction of sp³-hybridized carbons (Fsp3) is 0.188. The molecule has 0 aromatic heterocycles. The number of nitro benzene ring substituents is 1. The van der Waals surface area contributed by atoms with Crippen LogP contribution in [0.15, 0.2) is 46.9 Å². The smallest absolute Gasteiger partial charge is 0.271 e. The Hall–Kier alpha value is -2.66. The molecule has 2 aromatic rings. The van der Waals surface area contributed by atoms with Crippen molar-refractivity contribution in [2.75, 3.05) is 29.5 Å². The molecular formula is C16H16BrN3O6S. The first-order chi connectivity index (χ1) is 12.6. The molecule has 0 aliphatic heterocycles. The van der Waals surface area contributed by atoms with Gasteiger partial charge < -0.3 is 10.1 Å². The third kappa shape index (κ3) is 5.41. The van der Waals surface area contributed by atoms with Crippen molar-refractivity contribution in [3.8, 4) is 5.75 Å². The molecule has 0 spiro atoms. The number of hydrogen-bond acceptors (Lipinski definition) is 6. The molecule has 0 aliphatic carbocycles. The maximum Gasteiger partial charge on any atom is 0.271 e. The lowest BCUT2D eigenvalue weighted by molar-refractivity contribution is -0.384. The average Bonchev–Trinajstić information content (AvgIpc) is 2.58. The van der Waals surface area contributed by atoms with Gasteiger partial charge in [0.05, 0.1) is 29.7 Å². The Morgan fingerprint density at radius 2 is 2.00 bits per heavy atom. The first-order valence-corrected chi connectivity index (χ1v) is 10.1. The number of hydrogen-bond donors (Lipinski definition) is 1. The zero-order valence-electron chi connectivity index (χ0n) is 14.4. The number of halogens is 1. The zero-order valence-corrected chi connectivity index (χ0v) is 16.8. The predicted molar refractivity (Wildman–Crippen MR) is 105 cm³/mol. The number of carbonyl (C=O) groups excluding carboxylic acids is 1. The minimum Gasteiger partial charge on any atom is -0.495 e. The van der Waals surface area contributed by atoms with Crippen molar-refractivity contribution in [2.24, 2.45) is 0 Å². The molecule has 144 valence electrons. The summed E-state index contributed by atoms with van der Waals surface area (Å²) in [5, 5.41) is 13.4. The average molecular weight is 458 g/mol. The molecule has 2 aromatic carbocycles. The molecule has 0 saturated carbocycles. The van der Waals surface area contributed by atoms with Crippen LogP contribution in [0, 0.1) is 10.1 Å². The minimum atomic E-state index is -3.75. The highest BCUT2D eigenvalue weighted by Crippen LogP contribution is 2.29. The number of methoxy groups -OCH3 is 1. The molecule has 0 unspecified atom stereocenters. The fourth-order valence-corrected chi connectivity index (χ4v) is 3.49. The Kier molecular flexibility index (Phi) is 6.39. The van der Waals surface area contributed by atoms with Gasteiger partial charge in [0.25, 0.3) is 5.69 Å². The first kappa shape index (κ1) is 20.6. The molecule has 1 amide bonds. The highest BCUT2D eigenvalue weighted by molar-refractivity contribution is 9.10. The first-order valence-electron chi connectivity index (χ1n) is 7.47. The van der Waals surface area contributed by atoms with Gasteiger partial charge >= 0.3 is 0 Å². The quantitative estimate of drug-likeness (QED) is 0.504. The molecular weight excluding hydrogens is 442 g/mol. The summed E-state index contributed by atoms with van der Waals surface area (Å²) in [5.74, 6) is -0.471. The number of sulfonamides is 1. The molecule has 0 bridgehead atoms. The lowest BCUT2D eigenvalue weighted by Crippen LogP contribution is -2.37. The molecule has 1 N–H and O–H groups in total. The highest BCUT2D eigenvalue weighted by atomic mass is 79.9. The second-order valence-electron chi connectivity index (χ2n) is 5.44. The van der Waals surface area contributed by atoms with E-state index >= 15 is 0 Å². The molecule has 9 nitrogen and oxygen atoms in total. The fourth-order valence-electron chi connectivity index (χ4n) is 2.26. The van der Waals surface area contributed by atoms with Gasteiger partial charge in [-0.1, -0.05) is 22.0 Å². The number of nitro groups is 1. The van der Waals surface area contributed by atoms with Gasteiger partial charge in [-0.05, 0) is 24.3 Å². The van der Waals surface area contributed by atoms with E-state index in [0.717, 1.165) is 16.6 Å². The number of ether oxygens (including phenoxy) is 1. The predicted octanol–water partition coefficient (Wildman–Crippen LogP) is 2.77. The zero-order chi connectivity index (χ0) is 20.2. The van der Waals surface area contributed by atoms with Gasteiger partial charge in [-0.25, -0.2) is 8.42 Å². The van der Waals surface area contributed by atoms with Gasteiger partial charge in [-0.2, -0.15) is 0 Å². The van der Waals surface area contributed by atoms with Gasteiger partial charge in [0.1, 0.15) is 12.3 Å². The number of anilines is 2. The summed E-state index contributed by atoms with van der Waals surface area (Å²) in [6.45, 7) is -0.513. The van der Waals surface area contributed by atoms with E-state index in [1.165, 1.54) is 19.2 Å². The van der Waals surface area contributed by atoms with E-state index in [-0.39, 0.29) is 17.1 Å². The van der Waals surface area contributed by atoms with Gasteiger partial charge in [0.2, 0.25) is 15.9 Å². The number of nitrogens with zero attached hydrogens (tertiary/aromatic N) is 2. The Morgan fingerprint density at radius 1 is 1.30 bits per heavy atom. The molecule has 0 fully saturated rings. The molecule has 0 saturated heterocycles. The lowest BCUT2D eigenvalue weighted by Gasteiger charge is -2.22. The Bertz CT molecular complexity index is 980. The number of non-ortho nitro benzene ring substituents is 1. The van der Waals surface area contributed by atoms with Crippen LogP contribution in [0.5, 0.6) is 5.75 Å². The number of benzene rings is 2. The number of amides is 1. The molecule has 11 heteroatoms. The Balaban J connectivity index is 2.29. The van der Waals surface area contributed by atoms with E-state index in [0.29, 0.717) is 10.2 Å². The minimum absolute atomic E-state index is 0.0689. The van der Waals surface area contributed by atoms with Crippen LogP contribution < -0.4 is 14.4 Å². The van der Waals surface area contributed by atoms with E-state index in [2.05, 4.69) is 21.2 Å². The third-order valence-electron chi connectivity index (χ3n) is 3.45. The van der Waals surface area contributed by atoms with Crippen LogP contribution in [0.2, 0.25) is 0 Å². The SMILES string of the molecule is COc1ccc([N+](=O)[O-])cc1NC(=O)CN(c1cccc(Br)c1)S(C)(=O)=O. The van der Waals surface area contributed by atoms with Gasteiger partial charge in [-0.15, -0.1) is 0 Å². The normalized spacial score (nSPS) is 10.9. The van der Waals surface area contributed by atoms with Crippen LogP contribution in [-0.2, 0) is 14.8 Å². The van der Waals surface area contributed by atoms with Crippen LogP contribution in [0.1, 0.15) is 0 Å². The lowest BCUT2D eigenvalue weighted by atomic mass is 10.2. The van der Waals surface area contributed by atoms with Crippen LogP contribution in [-0.4, -0.2) is 39.2 Å². The second-order valence-corrected chi connectivity index (χ2v) is 8.26. The molecule has 27 heavy (non-hydrogen) atoms. The summed E-state index contributed by atoms with van der Waals surface area (Å²) < 4.78 is 30.9. The Labute approximate surface area is 164 Å². The van der Waals surface area contributed by atoms with E-state index < -0.39 is 27.4 Å². The van der Waals surface area contributed by atoms with Crippen molar-refractivity contribution >= 4 is 48.9 Å². The highest BCUT2D eigenvalue weighted by Gasteiger charge is 2.22. The maximum atomic E-state index is 12.4. The van der Waals surface area contributed by atoms with Crippen molar-refractivity contribution < 1.29 is 22.9 Å². The van der Waals surface area contributed by atoms with Crippen molar-refractivity contribution in [1.29, 1.82) is 0 Å².